The number of pyridine rings is 1. The van der Waals surface area contributed by atoms with Gasteiger partial charge in [0, 0.05) is 35.6 Å². The van der Waals surface area contributed by atoms with Crippen molar-refractivity contribution in [3.63, 3.8) is 0 Å². The first-order valence-corrected chi connectivity index (χ1v) is 10.6. The first kappa shape index (κ1) is 17.5. The Kier molecular flexibility index (Phi) is 4.43. The quantitative estimate of drug-likeness (QED) is 0.627. The molecule has 28 heavy (non-hydrogen) atoms. The van der Waals surface area contributed by atoms with E-state index in [0.29, 0.717) is 6.04 Å². The highest BCUT2D eigenvalue weighted by Gasteiger charge is 2.46. The molecule has 0 aliphatic carbocycles. The van der Waals surface area contributed by atoms with Crippen LogP contribution in [0.3, 0.4) is 0 Å². The molecule has 1 saturated heterocycles. The number of thioether (sulfide) groups is 1. The van der Waals surface area contributed by atoms with E-state index < -0.39 is 0 Å². The molecule has 0 unspecified atom stereocenters. The van der Waals surface area contributed by atoms with Crippen LogP contribution in [0.2, 0.25) is 0 Å². The van der Waals surface area contributed by atoms with Gasteiger partial charge in [-0.2, -0.15) is 0 Å². The van der Waals surface area contributed by atoms with E-state index in [1.165, 1.54) is 6.07 Å². The van der Waals surface area contributed by atoms with Crippen molar-refractivity contribution < 1.29 is 4.39 Å². The normalized spacial score (nSPS) is 23.7. The van der Waals surface area contributed by atoms with Crippen molar-refractivity contribution in [3.8, 4) is 5.69 Å². The molecule has 0 amide bonds. The van der Waals surface area contributed by atoms with Crippen LogP contribution in [0.25, 0.3) is 5.69 Å². The number of aromatic nitrogens is 2. The van der Waals surface area contributed by atoms with Gasteiger partial charge >= 0.3 is 0 Å². The highest BCUT2D eigenvalue weighted by atomic mass is 32.2. The number of aliphatic imine (C=N–C) groups is 1. The molecular formula is C22H21FN4S. The summed E-state index contributed by atoms with van der Waals surface area (Å²) in [5, 5.41) is 1.10. The second-order valence-corrected chi connectivity index (χ2v) is 8.11. The van der Waals surface area contributed by atoms with Crippen molar-refractivity contribution in [3.05, 3.63) is 84.2 Å². The summed E-state index contributed by atoms with van der Waals surface area (Å²) in [6, 6.07) is 17.3. The molecule has 2 aliphatic rings. The lowest BCUT2D eigenvalue weighted by Crippen LogP contribution is -2.36. The molecule has 5 rings (SSSR count). The molecule has 1 fully saturated rings. The molecule has 0 saturated carbocycles. The Hall–Kier alpha value is -2.60. The van der Waals surface area contributed by atoms with Crippen molar-refractivity contribution in [1.29, 1.82) is 0 Å². The molecule has 142 valence electrons. The predicted octanol–water partition coefficient (Wildman–Crippen LogP) is 4.99. The average Bonchev–Trinajstić information content (AvgIpc) is 3.43. The molecule has 4 heterocycles. The SMILES string of the molecule is CC[C@H]1CSC2=N[C@@H](c3ccccn3)[C@@H](c3cccn3-c3cccc(F)c3)N21. The Morgan fingerprint density at radius 3 is 2.86 bits per heavy atom. The molecule has 3 aromatic rings. The lowest BCUT2D eigenvalue weighted by molar-refractivity contribution is 0.249. The molecule has 0 radical (unpaired) electrons. The van der Waals surface area contributed by atoms with E-state index in [-0.39, 0.29) is 17.9 Å². The average molecular weight is 393 g/mol. The summed E-state index contributed by atoms with van der Waals surface area (Å²) in [6.07, 6.45) is 4.89. The largest absolute Gasteiger partial charge is 0.337 e. The van der Waals surface area contributed by atoms with E-state index in [2.05, 4.69) is 27.4 Å². The van der Waals surface area contributed by atoms with Gasteiger partial charge in [-0.25, -0.2) is 4.39 Å². The highest BCUT2D eigenvalue weighted by Crippen LogP contribution is 2.48. The van der Waals surface area contributed by atoms with E-state index in [0.717, 1.165) is 34.4 Å². The predicted molar refractivity (Wildman–Crippen MR) is 111 cm³/mol. The van der Waals surface area contributed by atoms with Crippen molar-refractivity contribution in [2.75, 3.05) is 5.75 Å². The maximum atomic E-state index is 13.9. The van der Waals surface area contributed by atoms with E-state index in [9.17, 15) is 4.39 Å². The summed E-state index contributed by atoms with van der Waals surface area (Å²) in [7, 11) is 0. The summed E-state index contributed by atoms with van der Waals surface area (Å²) in [5.41, 5.74) is 2.91. The van der Waals surface area contributed by atoms with Gasteiger partial charge < -0.3 is 9.47 Å². The zero-order chi connectivity index (χ0) is 19.1. The Morgan fingerprint density at radius 2 is 2.07 bits per heavy atom. The van der Waals surface area contributed by atoms with Gasteiger partial charge in [0.15, 0.2) is 5.17 Å². The van der Waals surface area contributed by atoms with Crippen molar-refractivity contribution in [1.82, 2.24) is 14.5 Å². The third-order valence-electron chi connectivity index (χ3n) is 5.50. The van der Waals surface area contributed by atoms with Gasteiger partial charge in [0.2, 0.25) is 0 Å². The van der Waals surface area contributed by atoms with Crippen LogP contribution in [0.5, 0.6) is 0 Å². The first-order valence-electron chi connectivity index (χ1n) is 9.59. The van der Waals surface area contributed by atoms with Gasteiger partial charge in [-0.1, -0.05) is 30.8 Å². The number of rotatable bonds is 4. The van der Waals surface area contributed by atoms with E-state index in [1.54, 1.807) is 12.1 Å². The molecule has 0 N–H and O–H groups in total. The Bertz CT molecular complexity index is 1020. The third-order valence-corrected chi connectivity index (χ3v) is 6.62. The lowest BCUT2D eigenvalue weighted by Gasteiger charge is -2.32. The standard InChI is InChI=1S/C22H21FN4S/c1-2-16-14-28-22-25-20(18-9-3-4-11-24-18)21(27(16)22)19-10-6-12-26(19)17-8-5-7-15(23)13-17/h3-13,16,20-21H,2,14H2,1H3/t16-,20-,21+/m0/s1. The Balaban J connectivity index is 1.63. The fourth-order valence-electron chi connectivity index (χ4n) is 4.17. The second kappa shape index (κ2) is 7.09. The second-order valence-electron chi connectivity index (χ2n) is 7.12. The van der Waals surface area contributed by atoms with Crippen molar-refractivity contribution in [2.45, 2.75) is 31.5 Å². The summed E-state index contributed by atoms with van der Waals surface area (Å²) in [6.45, 7) is 2.23. The molecule has 0 bridgehead atoms. The van der Waals surface area contributed by atoms with Crippen LogP contribution >= 0.6 is 11.8 Å². The van der Waals surface area contributed by atoms with Gasteiger partial charge in [0.25, 0.3) is 0 Å². The van der Waals surface area contributed by atoms with Crippen LogP contribution in [0.1, 0.15) is 36.8 Å². The van der Waals surface area contributed by atoms with Crippen molar-refractivity contribution >= 4 is 16.9 Å². The summed E-state index contributed by atoms with van der Waals surface area (Å²) >= 11 is 1.83. The maximum absolute atomic E-state index is 13.9. The maximum Gasteiger partial charge on any atom is 0.160 e. The van der Waals surface area contributed by atoms with Gasteiger partial charge in [0.1, 0.15) is 17.9 Å². The fourth-order valence-corrected chi connectivity index (χ4v) is 5.50. The van der Waals surface area contributed by atoms with Gasteiger partial charge in [-0.15, -0.1) is 0 Å². The summed E-state index contributed by atoms with van der Waals surface area (Å²) in [4.78, 5) is 12.1. The van der Waals surface area contributed by atoms with Crippen LogP contribution in [0, 0.1) is 5.82 Å². The zero-order valence-electron chi connectivity index (χ0n) is 15.6. The molecule has 4 nitrogen and oxygen atoms in total. The summed E-state index contributed by atoms with van der Waals surface area (Å²) < 4.78 is 16.0. The molecule has 2 aromatic heterocycles. The van der Waals surface area contributed by atoms with E-state index in [4.69, 9.17) is 4.99 Å². The zero-order valence-corrected chi connectivity index (χ0v) is 16.4. The van der Waals surface area contributed by atoms with Crippen molar-refractivity contribution in [2.24, 2.45) is 4.99 Å². The van der Waals surface area contributed by atoms with Gasteiger partial charge in [0.05, 0.1) is 5.69 Å². The molecule has 1 aromatic carbocycles. The monoisotopic (exact) mass is 392 g/mol. The van der Waals surface area contributed by atoms with E-state index in [1.807, 2.05) is 54.5 Å². The van der Waals surface area contributed by atoms with Crippen LogP contribution in [-0.4, -0.2) is 31.4 Å². The highest BCUT2D eigenvalue weighted by molar-refractivity contribution is 8.14. The van der Waals surface area contributed by atoms with Gasteiger partial charge in [-0.3, -0.25) is 9.98 Å². The first-order chi connectivity index (χ1) is 13.8. The van der Waals surface area contributed by atoms with Crippen LogP contribution in [-0.2, 0) is 0 Å². The number of benzene rings is 1. The number of amidine groups is 1. The minimum Gasteiger partial charge on any atom is -0.337 e. The summed E-state index contributed by atoms with van der Waals surface area (Å²) in [5.74, 6) is 0.825. The Labute approximate surface area is 168 Å². The number of nitrogens with zero attached hydrogens (tertiary/aromatic N) is 4. The molecule has 3 atom stereocenters. The third kappa shape index (κ3) is 2.83. The number of fused-ring (bicyclic) bond motifs is 1. The van der Waals surface area contributed by atoms with Crippen LogP contribution < -0.4 is 0 Å². The minimum atomic E-state index is -0.232. The lowest BCUT2D eigenvalue weighted by atomic mass is 9.99. The Morgan fingerprint density at radius 1 is 1.14 bits per heavy atom. The van der Waals surface area contributed by atoms with Crippen LogP contribution in [0.4, 0.5) is 4.39 Å². The smallest absolute Gasteiger partial charge is 0.160 e. The molecule has 6 heteroatoms. The minimum absolute atomic E-state index is 0.0446. The van der Waals surface area contributed by atoms with E-state index >= 15 is 0 Å². The number of hydrogen-bond acceptors (Lipinski definition) is 4. The molecule has 0 spiro atoms. The molecular weight excluding hydrogens is 371 g/mol. The molecule has 2 aliphatic heterocycles. The number of halogens is 1. The topological polar surface area (TPSA) is 33.4 Å². The fraction of sp³-hybridized carbons (Fsp3) is 0.273. The van der Waals surface area contributed by atoms with Gasteiger partial charge in [-0.05, 0) is 48.9 Å². The van der Waals surface area contributed by atoms with Crippen LogP contribution in [0.15, 0.2) is 72.0 Å². The number of hydrogen-bond donors (Lipinski definition) is 0.